The standard InChI is InChI=1S/C30H25F3N4O4/c31-30(32,33)41-26-9-2-8-25(17-26)40-14-4-13-39-24-7-1-6-23(16-24)37-20-36-27-15-22(10-11-28(27)37)29(38)35-19-21-5-3-12-34-18-21/h1-3,5-12,15-18,20H,4,13-14,19H2,(H,35,38). The molecule has 1 amide bonds. The molecule has 0 radical (unpaired) electrons. The zero-order chi connectivity index (χ0) is 28.7. The summed E-state index contributed by atoms with van der Waals surface area (Å²) in [6.45, 7) is 0.964. The lowest BCUT2D eigenvalue weighted by molar-refractivity contribution is -0.274. The van der Waals surface area contributed by atoms with Crippen molar-refractivity contribution in [2.45, 2.75) is 19.3 Å². The second-order valence-corrected chi connectivity index (χ2v) is 8.93. The predicted octanol–water partition coefficient (Wildman–Crippen LogP) is 6.10. The Morgan fingerprint density at radius 1 is 0.878 bits per heavy atom. The Bertz CT molecular complexity index is 1620. The molecule has 1 N–H and O–H groups in total. The summed E-state index contributed by atoms with van der Waals surface area (Å²) >= 11 is 0. The Morgan fingerprint density at radius 3 is 2.39 bits per heavy atom. The number of pyridine rings is 1. The highest BCUT2D eigenvalue weighted by molar-refractivity contribution is 5.97. The van der Waals surface area contributed by atoms with Gasteiger partial charge in [0, 0.05) is 43.1 Å². The first kappa shape index (κ1) is 27.5. The summed E-state index contributed by atoms with van der Waals surface area (Å²) in [5.41, 5.74) is 3.75. The average Bonchev–Trinajstić information content (AvgIpc) is 3.39. The molecule has 0 unspecified atom stereocenters. The van der Waals surface area contributed by atoms with Crippen molar-refractivity contribution in [2.24, 2.45) is 0 Å². The highest BCUT2D eigenvalue weighted by Gasteiger charge is 2.31. The van der Waals surface area contributed by atoms with Crippen LogP contribution in [0.2, 0.25) is 0 Å². The zero-order valence-electron chi connectivity index (χ0n) is 21.7. The van der Waals surface area contributed by atoms with Gasteiger partial charge >= 0.3 is 6.36 Å². The predicted molar refractivity (Wildman–Crippen MR) is 145 cm³/mol. The number of hydrogen-bond acceptors (Lipinski definition) is 6. The summed E-state index contributed by atoms with van der Waals surface area (Å²) in [6.07, 6.45) is 0.821. The highest BCUT2D eigenvalue weighted by atomic mass is 19.4. The van der Waals surface area contributed by atoms with E-state index >= 15 is 0 Å². The maximum Gasteiger partial charge on any atom is 0.573 e. The molecule has 0 aliphatic heterocycles. The minimum Gasteiger partial charge on any atom is -0.493 e. The maximum atomic E-state index is 12.6. The van der Waals surface area contributed by atoms with E-state index in [2.05, 4.69) is 20.0 Å². The number of aromatic nitrogens is 3. The smallest absolute Gasteiger partial charge is 0.493 e. The Kier molecular flexibility index (Phi) is 8.33. The summed E-state index contributed by atoms with van der Waals surface area (Å²) in [5.74, 6) is 0.369. The van der Waals surface area contributed by atoms with Crippen molar-refractivity contribution in [1.82, 2.24) is 19.9 Å². The van der Waals surface area contributed by atoms with E-state index < -0.39 is 6.36 Å². The van der Waals surface area contributed by atoms with Crippen LogP contribution in [0.15, 0.2) is 97.6 Å². The number of nitrogens with zero attached hydrogens (tertiary/aromatic N) is 3. The van der Waals surface area contributed by atoms with E-state index in [1.54, 1.807) is 36.9 Å². The molecular formula is C30H25F3N4O4. The van der Waals surface area contributed by atoms with E-state index in [0.29, 0.717) is 36.4 Å². The van der Waals surface area contributed by atoms with Gasteiger partial charge in [-0.05, 0) is 54.1 Å². The molecule has 5 rings (SSSR count). The number of alkyl halides is 3. The molecule has 0 saturated carbocycles. The van der Waals surface area contributed by atoms with E-state index in [0.717, 1.165) is 16.8 Å². The molecule has 0 bridgehead atoms. The monoisotopic (exact) mass is 562 g/mol. The third-order valence-electron chi connectivity index (χ3n) is 5.95. The van der Waals surface area contributed by atoms with Gasteiger partial charge in [0.25, 0.3) is 5.91 Å². The molecular weight excluding hydrogens is 537 g/mol. The highest BCUT2D eigenvalue weighted by Crippen LogP contribution is 2.26. The fourth-order valence-electron chi connectivity index (χ4n) is 4.07. The van der Waals surface area contributed by atoms with E-state index in [1.165, 1.54) is 18.2 Å². The van der Waals surface area contributed by atoms with Crippen molar-refractivity contribution in [1.29, 1.82) is 0 Å². The molecule has 41 heavy (non-hydrogen) atoms. The van der Waals surface area contributed by atoms with Gasteiger partial charge in [-0.15, -0.1) is 13.2 Å². The van der Waals surface area contributed by atoms with E-state index in [4.69, 9.17) is 9.47 Å². The lowest BCUT2D eigenvalue weighted by atomic mass is 10.1. The third-order valence-corrected chi connectivity index (χ3v) is 5.95. The van der Waals surface area contributed by atoms with Crippen molar-refractivity contribution in [3.63, 3.8) is 0 Å². The van der Waals surface area contributed by atoms with Gasteiger partial charge in [0.1, 0.15) is 23.6 Å². The first-order valence-electron chi connectivity index (χ1n) is 12.7. The van der Waals surface area contributed by atoms with Gasteiger partial charge in [-0.3, -0.25) is 14.3 Å². The van der Waals surface area contributed by atoms with Crippen LogP contribution in [-0.2, 0) is 6.54 Å². The summed E-state index contributed by atoms with van der Waals surface area (Å²) in [4.78, 5) is 21.2. The number of rotatable bonds is 11. The molecule has 2 aromatic heterocycles. The normalized spacial score (nSPS) is 11.3. The molecule has 0 aliphatic rings. The Labute approximate surface area is 233 Å². The first-order valence-corrected chi connectivity index (χ1v) is 12.7. The number of fused-ring (bicyclic) bond motifs is 1. The number of ether oxygens (including phenoxy) is 3. The molecule has 0 aliphatic carbocycles. The Hall–Kier alpha value is -5.06. The molecule has 8 nitrogen and oxygen atoms in total. The van der Waals surface area contributed by atoms with Crippen molar-refractivity contribution in [2.75, 3.05) is 13.2 Å². The maximum absolute atomic E-state index is 12.6. The van der Waals surface area contributed by atoms with Gasteiger partial charge < -0.3 is 19.5 Å². The van der Waals surface area contributed by atoms with Crippen LogP contribution in [0.3, 0.4) is 0 Å². The van der Waals surface area contributed by atoms with Gasteiger partial charge in [-0.25, -0.2) is 4.98 Å². The number of benzene rings is 3. The fraction of sp³-hybridized carbons (Fsp3) is 0.167. The van der Waals surface area contributed by atoms with Gasteiger partial charge in [0.2, 0.25) is 0 Å². The number of imidazole rings is 1. The van der Waals surface area contributed by atoms with Gasteiger partial charge in [-0.1, -0.05) is 18.2 Å². The molecule has 0 fully saturated rings. The molecule has 5 aromatic rings. The SMILES string of the molecule is O=C(NCc1cccnc1)c1ccc2c(c1)ncn2-c1cccc(OCCCOc2cccc(OC(F)(F)F)c2)c1. The Balaban J connectivity index is 1.15. The summed E-state index contributed by atoms with van der Waals surface area (Å²) < 4.78 is 54.4. The van der Waals surface area contributed by atoms with Crippen molar-refractivity contribution < 1.29 is 32.2 Å². The number of amides is 1. The lowest BCUT2D eigenvalue weighted by Crippen LogP contribution is -2.22. The molecule has 0 spiro atoms. The lowest BCUT2D eigenvalue weighted by Gasteiger charge is -2.12. The van der Waals surface area contributed by atoms with E-state index in [9.17, 15) is 18.0 Å². The van der Waals surface area contributed by atoms with Crippen LogP contribution in [-0.4, -0.2) is 40.0 Å². The summed E-state index contributed by atoms with van der Waals surface area (Å²) in [5, 5.41) is 2.89. The van der Waals surface area contributed by atoms with Crippen LogP contribution in [0, 0.1) is 0 Å². The van der Waals surface area contributed by atoms with Crippen molar-refractivity contribution >= 4 is 16.9 Å². The molecule has 3 aromatic carbocycles. The van der Waals surface area contributed by atoms with E-state index in [1.807, 2.05) is 47.0 Å². The van der Waals surface area contributed by atoms with Crippen molar-refractivity contribution in [3.8, 4) is 22.9 Å². The molecule has 11 heteroatoms. The summed E-state index contributed by atoms with van der Waals surface area (Å²) in [7, 11) is 0. The minimum atomic E-state index is -4.76. The van der Waals surface area contributed by atoms with Crippen LogP contribution in [0.1, 0.15) is 22.3 Å². The third kappa shape index (κ3) is 7.53. The van der Waals surface area contributed by atoms with Crippen LogP contribution < -0.4 is 19.5 Å². The summed E-state index contributed by atoms with van der Waals surface area (Å²) in [6, 6.07) is 21.9. The van der Waals surface area contributed by atoms with Gasteiger partial charge in [0.15, 0.2) is 0 Å². The largest absolute Gasteiger partial charge is 0.573 e. The molecule has 210 valence electrons. The fourth-order valence-corrected chi connectivity index (χ4v) is 4.07. The van der Waals surface area contributed by atoms with Crippen molar-refractivity contribution in [3.05, 3.63) is 109 Å². The van der Waals surface area contributed by atoms with Gasteiger partial charge in [-0.2, -0.15) is 0 Å². The van der Waals surface area contributed by atoms with Crippen LogP contribution in [0.25, 0.3) is 16.7 Å². The molecule has 0 saturated heterocycles. The van der Waals surface area contributed by atoms with Crippen LogP contribution in [0.5, 0.6) is 17.2 Å². The van der Waals surface area contributed by atoms with Gasteiger partial charge in [0.05, 0.1) is 29.9 Å². The first-order chi connectivity index (χ1) is 19.8. The van der Waals surface area contributed by atoms with Crippen LogP contribution >= 0.6 is 0 Å². The molecule has 0 atom stereocenters. The quantitative estimate of drug-likeness (QED) is 0.196. The number of hydrogen-bond donors (Lipinski definition) is 1. The topological polar surface area (TPSA) is 87.5 Å². The number of carbonyl (C=O) groups is 1. The number of nitrogens with one attached hydrogen (secondary N) is 1. The average molecular weight is 563 g/mol. The Morgan fingerprint density at radius 2 is 1.63 bits per heavy atom. The number of carbonyl (C=O) groups excluding carboxylic acids is 1. The zero-order valence-corrected chi connectivity index (χ0v) is 21.7. The number of halogens is 3. The second kappa shape index (κ2) is 12.4. The minimum absolute atomic E-state index is 0.202. The van der Waals surface area contributed by atoms with Crippen LogP contribution in [0.4, 0.5) is 13.2 Å². The second-order valence-electron chi connectivity index (χ2n) is 8.93. The molecule has 2 heterocycles. The van der Waals surface area contributed by atoms with E-state index in [-0.39, 0.29) is 24.0 Å².